The number of hydrogen-bond donors (Lipinski definition) is 0. The fourth-order valence-electron chi connectivity index (χ4n) is 4.12. The van der Waals surface area contributed by atoms with E-state index < -0.39 is 0 Å². The highest BCUT2D eigenvalue weighted by Gasteiger charge is 2.28. The zero-order valence-corrected chi connectivity index (χ0v) is 15.6. The number of hydrogen-bond acceptors (Lipinski definition) is 5. The zero-order valence-electron chi connectivity index (χ0n) is 15.6. The summed E-state index contributed by atoms with van der Waals surface area (Å²) in [6.07, 6.45) is 4.09. The van der Waals surface area contributed by atoms with E-state index in [9.17, 15) is 0 Å². The molecule has 6 heteroatoms. The van der Waals surface area contributed by atoms with Crippen LogP contribution in [-0.2, 0) is 10.2 Å². The smallest absolute Gasteiger partial charge is 0.161 e. The van der Waals surface area contributed by atoms with Crippen molar-refractivity contribution in [3.63, 3.8) is 0 Å². The fraction of sp³-hybridized carbons (Fsp3) is 0.684. The zero-order chi connectivity index (χ0) is 17.4. The molecule has 0 saturated carbocycles. The van der Waals surface area contributed by atoms with Crippen molar-refractivity contribution in [3.05, 3.63) is 24.0 Å². The third-order valence-corrected chi connectivity index (χ3v) is 5.56. The maximum atomic E-state index is 5.49. The topological polar surface area (TPSA) is 45.9 Å². The Morgan fingerprint density at radius 3 is 2.44 bits per heavy atom. The number of rotatable bonds is 2. The second kappa shape index (κ2) is 6.57. The number of anilines is 1. The van der Waals surface area contributed by atoms with Gasteiger partial charge in [-0.2, -0.15) is 9.61 Å². The standard InChI is InChI=1S/C19H29N5O/c1-19(2,3)16-4-5-17(24-18(16)20-14-21-24)23-8-6-15(7-9-23)22-10-12-25-13-11-22/h4-5,14-15H,6-13H2,1-3H3. The minimum absolute atomic E-state index is 0.0656. The van der Waals surface area contributed by atoms with Crippen LogP contribution in [-0.4, -0.2) is 64.9 Å². The van der Waals surface area contributed by atoms with E-state index in [0.717, 1.165) is 45.0 Å². The van der Waals surface area contributed by atoms with Crippen LogP contribution < -0.4 is 4.90 Å². The number of ether oxygens (including phenoxy) is 1. The van der Waals surface area contributed by atoms with Crippen LogP contribution in [0.5, 0.6) is 0 Å². The Bertz CT molecular complexity index is 721. The van der Waals surface area contributed by atoms with Crippen molar-refractivity contribution >= 4 is 11.5 Å². The van der Waals surface area contributed by atoms with Gasteiger partial charge in [0.25, 0.3) is 0 Å². The van der Waals surface area contributed by atoms with Gasteiger partial charge in [0.2, 0.25) is 0 Å². The second-order valence-electron chi connectivity index (χ2n) is 8.22. The molecule has 0 aliphatic carbocycles. The summed E-state index contributed by atoms with van der Waals surface area (Å²) in [5.74, 6) is 1.17. The molecule has 2 aliphatic rings. The summed E-state index contributed by atoms with van der Waals surface area (Å²) in [6.45, 7) is 12.8. The Hall–Kier alpha value is -1.66. The molecule has 136 valence electrons. The van der Waals surface area contributed by atoms with E-state index >= 15 is 0 Å². The Morgan fingerprint density at radius 2 is 1.76 bits per heavy atom. The van der Waals surface area contributed by atoms with Gasteiger partial charge in [-0.1, -0.05) is 26.8 Å². The van der Waals surface area contributed by atoms with E-state index in [1.165, 1.54) is 24.2 Å². The predicted molar refractivity (Wildman–Crippen MR) is 99.3 cm³/mol. The third-order valence-electron chi connectivity index (χ3n) is 5.56. The van der Waals surface area contributed by atoms with Gasteiger partial charge in [0, 0.05) is 37.8 Å². The fourth-order valence-corrected chi connectivity index (χ4v) is 4.12. The van der Waals surface area contributed by atoms with Crippen LogP contribution in [0.15, 0.2) is 18.5 Å². The predicted octanol–water partition coefficient (Wildman–Crippen LogP) is 2.33. The van der Waals surface area contributed by atoms with Gasteiger partial charge in [0.1, 0.15) is 12.1 Å². The summed E-state index contributed by atoms with van der Waals surface area (Å²) in [7, 11) is 0. The average Bonchev–Trinajstić information content (AvgIpc) is 3.10. The van der Waals surface area contributed by atoms with E-state index in [1.54, 1.807) is 6.33 Å². The van der Waals surface area contributed by atoms with E-state index in [0.29, 0.717) is 6.04 Å². The Balaban J connectivity index is 1.53. The minimum Gasteiger partial charge on any atom is -0.379 e. The first-order valence-corrected chi connectivity index (χ1v) is 9.44. The third kappa shape index (κ3) is 3.25. The molecular formula is C19H29N5O. The van der Waals surface area contributed by atoms with E-state index in [-0.39, 0.29) is 5.41 Å². The highest BCUT2D eigenvalue weighted by Crippen LogP contribution is 2.30. The number of morpholine rings is 1. The lowest BCUT2D eigenvalue weighted by Gasteiger charge is -2.40. The number of pyridine rings is 1. The Kier molecular flexibility index (Phi) is 4.41. The lowest BCUT2D eigenvalue weighted by atomic mass is 9.87. The summed E-state index contributed by atoms with van der Waals surface area (Å²) in [6, 6.07) is 5.14. The van der Waals surface area contributed by atoms with Crippen molar-refractivity contribution in [2.24, 2.45) is 0 Å². The average molecular weight is 343 g/mol. The molecule has 0 N–H and O–H groups in total. The summed E-state index contributed by atoms with van der Waals surface area (Å²) in [5.41, 5.74) is 2.30. The first-order chi connectivity index (χ1) is 12.0. The van der Waals surface area contributed by atoms with Gasteiger partial charge in [-0.3, -0.25) is 4.90 Å². The van der Waals surface area contributed by atoms with Crippen LogP contribution >= 0.6 is 0 Å². The first kappa shape index (κ1) is 16.8. The SMILES string of the molecule is CC(C)(C)c1ccc(N2CCC(N3CCOCC3)CC2)n2ncnc12. The molecule has 2 aliphatic heterocycles. The summed E-state index contributed by atoms with van der Waals surface area (Å²) >= 11 is 0. The number of fused-ring (bicyclic) bond motifs is 1. The Labute approximate surface area is 149 Å². The molecule has 0 spiro atoms. The highest BCUT2D eigenvalue weighted by molar-refractivity contribution is 5.58. The largest absolute Gasteiger partial charge is 0.379 e. The molecule has 0 radical (unpaired) electrons. The molecule has 4 heterocycles. The molecule has 2 saturated heterocycles. The van der Waals surface area contributed by atoms with Gasteiger partial charge in [0.15, 0.2) is 5.65 Å². The molecule has 0 atom stereocenters. The summed E-state index contributed by atoms with van der Waals surface area (Å²) in [4.78, 5) is 9.60. The lowest BCUT2D eigenvalue weighted by Crippen LogP contribution is -2.49. The quantitative estimate of drug-likeness (QED) is 0.837. The molecule has 4 rings (SSSR count). The lowest BCUT2D eigenvalue weighted by molar-refractivity contribution is 0.0114. The maximum absolute atomic E-state index is 5.49. The second-order valence-corrected chi connectivity index (χ2v) is 8.22. The van der Waals surface area contributed by atoms with Crippen molar-refractivity contribution in [3.8, 4) is 0 Å². The van der Waals surface area contributed by atoms with Crippen LogP contribution in [0.25, 0.3) is 5.65 Å². The van der Waals surface area contributed by atoms with Crippen LogP contribution in [0.4, 0.5) is 5.82 Å². The van der Waals surface area contributed by atoms with Gasteiger partial charge >= 0.3 is 0 Å². The molecule has 0 amide bonds. The first-order valence-electron chi connectivity index (χ1n) is 9.44. The molecule has 0 unspecified atom stereocenters. The molecule has 0 bridgehead atoms. The van der Waals surface area contributed by atoms with Gasteiger partial charge in [0.05, 0.1) is 13.2 Å². The molecule has 25 heavy (non-hydrogen) atoms. The maximum Gasteiger partial charge on any atom is 0.161 e. The molecule has 2 aromatic heterocycles. The number of aromatic nitrogens is 3. The highest BCUT2D eigenvalue weighted by atomic mass is 16.5. The van der Waals surface area contributed by atoms with Crippen LogP contribution in [0.2, 0.25) is 0 Å². The molecular weight excluding hydrogens is 314 g/mol. The number of nitrogens with zero attached hydrogens (tertiary/aromatic N) is 5. The van der Waals surface area contributed by atoms with Crippen molar-refractivity contribution in [1.82, 2.24) is 19.5 Å². The van der Waals surface area contributed by atoms with Gasteiger partial charge in [-0.15, -0.1) is 0 Å². The van der Waals surface area contributed by atoms with E-state index in [2.05, 4.69) is 52.8 Å². The van der Waals surface area contributed by atoms with Gasteiger partial charge in [-0.25, -0.2) is 4.98 Å². The summed E-state index contributed by atoms with van der Waals surface area (Å²) < 4.78 is 7.51. The normalized spacial score (nSPS) is 21.2. The van der Waals surface area contributed by atoms with Crippen molar-refractivity contribution in [2.75, 3.05) is 44.3 Å². The van der Waals surface area contributed by atoms with Crippen molar-refractivity contribution in [2.45, 2.75) is 45.1 Å². The van der Waals surface area contributed by atoms with Crippen molar-refractivity contribution < 1.29 is 4.74 Å². The molecule has 0 aromatic carbocycles. The monoisotopic (exact) mass is 343 g/mol. The van der Waals surface area contributed by atoms with Gasteiger partial charge < -0.3 is 9.64 Å². The Morgan fingerprint density at radius 1 is 1.04 bits per heavy atom. The van der Waals surface area contributed by atoms with Gasteiger partial charge in [-0.05, 0) is 24.3 Å². The van der Waals surface area contributed by atoms with Crippen LogP contribution in [0, 0.1) is 0 Å². The van der Waals surface area contributed by atoms with E-state index in [1.807, 2.05) is 4.52 Å². The summed E-state index contributed by atoms with van der Waals surface area (Å²) in [5, 5.41) is 4.51. The van der Waals surface area contributed by atoms with Crippen LogP contribution in [0.1, 0.15) is 39.2 Å². The molecule has 2 fully saturated rings. The van der Waals surface area contributed by atoms with Crippen LogP contribution in [0.3, 0.4) is 0 Å². The number of piperidine rings is 1. The molecule has 2 aromatic rings. The molecule has 6 nitrogen and oxygen atoms in total. The van der Waals surface area contributed by atoms with E-state index in [4.69, 9.17) is 4.74 Å². The minimum atomic E-state index is 0.0656. The van der Waals surface area contributed by atoms with Crippen molar-refractivity contribution in [1.29, 1.82) is 0 Å².